The van der Waals surface area contributed by atoms with Gasteiger partial charge < -0.3 is 5.32 Å². The van der Waals surface area contributed by atoms with Crippen molar-refractivity contribution >= 4 is 9.84 Å². The van der Waals surface area contributed by atoms with Crippen molar-refractivity contribution in [2.45, 2.75) is 43.9 Å². The van der Waals surface area contributed by atoms with Gasteiger partial charge >= 0.3 is 0 Å². The molecule has 1 heterocycles. The van der Waals surface area contributed by atoms with E-state index in [0.29, 0.717) is 18.3 Å². The van der Waals surface area contributed by atoms with Crippen LogP contribution in [-0.4, -0.2) is 26.0 Å². The predicted molar refractivity (Wildman–Crippen MR) is 77.1 cm³/mol. The molecule has 1 fully saturated rings. The van der Waals surface area contributed by atoms with E-state index in [1.54, 1.807) is 0 Å². The molecule has 19 heavy (non-hydrogen) atoms. The number of hydrogen-bond acceptors (Lipinski definition) is 3. The standard InChI is InChI=1S/C15H21NO2S/c1-11-4-5-12-6-7-15(14(12)9-11)16-10-13-3-2-8-19(13,17)18/h4-5,9,13,15-16H,2-3,6-8,10H2,1H3. The molecule has 0 spiro atoms. The third kappa shape index (κ3) is 2.56. The number of benzene rings is 1. The van der Waals surface area contributed by atoms with Gasteiger partial charge in [-0.1, -0.05) is 23.8 Å². The highest BCUT2D eigenvalue weighted by atomic mass is 32.2. The molecule has 4 heteroatoms. The molecule has 0 aromatic heterocycles. The second-order valence-electron chi connectivity index (χ2n) is 5.83. The summed E-state index contributed by atoms with van der Waals surface area (Å²) in [6, 6.07) is 6.94. The first kappa shape index (κ1) is 13.1. The summed E-state index contributed by atoms with van der Waals surface area (Å²) in [7, 11) is -2.83. The van der Waals surface area contributed by atoms with Gasteiger partial charge in [0.25, 0.3) is 0 Å². The maximum Gasteiger partial charge on any atom is 0.154 e. The molecular formula is C15H21NO2S. The molecule has 1 aliphatic heterocycles. The van der Waals surface area contributed by atoms with E-state index in [2.05, 4.69) is 30.4 Å². The van der Waals surface area contributed by atoms with Crippen molar-refractivity contribution in [1.29, 1.82) is 0 Å². The quantitative estimate of drug-likeness (QED) is 0.922. The lowest BCUT2D eigenvalue weighted by Crippen LogP contribution is -2.32. The van der Waals surface area contributed by atoms with Crippen LogP contribution in [0.25, 0.3) is 0 Å². The molecule has 0 bridgehead atoms. The second-order valence-corrected chi connectivity index (χ2v) is 8.23. The molecule has 0 saturated carbocycles. The first-order valence-electron chi connectivity index (χ1n) is 7.10. The van der Waals surface area contributed by atoms with E-state index in [1.807, 2.05) is 0 Å². The Labute approximate surface area is 115 Å². The lowest BCUT2D eigenvalue weighted by Gasteiger charge is -2.17. The Morgan fingerprint density at radius 1 is 1.32 bits per heavy atom. The van der Waals surface area contributed by atoms with E-state index >= 15 is 0 Å². The van der Waals surface area contributed by atoms with Gasteiger partial charge in [0.15, 0.2) is 9.84 Å². The van der Waals surface area contributed by atoms with Crippen LogP contribution in [0.5, 0.6) is 0 Å². The summed E-state index contributed by atoms with van der Waals surface area (Å²) >= 11 is 0. The monoisotopic (exact) mass is 279 g/mol. The lowest BCUT2D eigenvalue weighted by atomic mass is 10.0. The Morgan fingerprint density at radius 2 is 2.16 bits per heavy atom. The van der Waals surface area contributed by atoms with Crippen LogP contribution in [0.3, 0.4) is 0 Å². The van der Waals surface area contributed by atoms with Crippen LogP contribution in [0.4, 0.5) is 0 Å². The summed E-state index contributed by atoms with van der Waals surface area (Å²) in [6.07, 6.45) is 3.84. The fourth-order valence-corrected chi connectivity index (χ4v) is 5.07. The van der Waals surface area contributed by atoms with Crippen LogP contribution in [0.2, 0.25) is 0 Å². The first-order valence-corrected chi connectivity index (χ1v) is 8.82. The van der Waals surface area contributed by atoms with Crippen molar-refractivity contribution < 1.29 is 8.42 Å². The van der Waals surface area contributed by atoms with Crippen molar-refractivity contribution in [3.05, 3.63) is 34.9 Å². The van der Waals surface area contributed by atoms with Crippen molar-refractivity contribution in [2.24, 2.45) is 0 Å². The second kappa shape index (κ2) is 4.91. The number of nitrogens with one attached hydrogen (secondary N) is 1. The minimum Gasteiger partial charge on any atom is -0.309 e. The molecular weight excluding hydrogens is 258 g/mol. The Hall–Kier alpha value is -0.870. The molecule has 104 valence electrons. The smallest absolute Gasteiger partial charge is 0.154 e. The van der Waals surface area contributed by atoms with Crippen molar-refractivity contribution in [3.8, 4) is 0 Å². The highest BCUT2D eigenvalue weighted by molar-refractivity contribution is 7.92. The Bertz CT molecular complexity index is 580. The first-order chi connectivity index (χ1) is 9.06. The maximum absolute atomic E-state index is 11.8. The third-order valence-electron chi connectivity index (χ3n) is 4.43. The zero-order chi connectivity index (χ0) is 13.5. The van der Waals surface area contributed by atoms with E-state index in [-0.39, 0.29) is 5.25 Å². The van der Waals surface area contributed by atoms with Crippen LogP contribution in [-0.2, 0) is 16.3 Å². The molecule has 1 saturated heterocycles. The molecule has 1 aliphatic carbocycles. The SMILES string of the molecule is Cc1ccc2c(c1)C(NCC1CCCS1(=O)=O)CC2. The average Bonchev–Trinajstić information content (AvgIpc) is 2.90. The van der Waals surface area contributed by atoms with Crippen LogP contribution in [0.1, 0.15) is 42.0 Å². The van der Waals surface area contributed by atoms with Gasteiger partial charge in [-0.05, 0) is 43.7 Å². The summed E-state index contributed by atoms with van der Waals surface area (Å²) in [5, 5.41) is 3.32. The average molecular weight is 279 g/mol. The lowest BCUT2D eigenvalue weighted by molar-refractivity contribution is 0.510. The van der Waals surface area contributed by atoms with Crippen LogP contribution < -0.4 is 5.32 Å². The van der Waals surface area contributed by atoms with Gasteiger partial charge in [0.2, 0.25) is 0 Å². The van der Waals surface area contributed by atoms with E-state index in [9.17, 15) is 8.42 Å². The molecule has 2 aliphatic rings. The molecule has 0 amide bonds. The van der Waals surface area contributed by atoms with Crippen LogP contribution >= 0.6 is 0 Å². The summed E-state index contributed by atoms with van der Waals surface area (Å²) in [5.74, 6) is 0.375. The number of sulfone groups is 1. The summed E-state index contributed by atoms with van der Waals surface area (Å²) in [6.45, 7) is 2.72. The van der Waals surface area contributed by atoms with Crippen molar-refractivity contribution in [2.75, 3.05) is 12.3 Å². The van der Waals surface area contributed by atoms with Gasteiger partial charge in [0.05, 0.1) is 11.0 Å². The Balaban J connectivity index is 1.69. The third-order valence-corrected chi connectivity index (χ3v) is 6.71. The Morgan fingerprint density at radius 3 is 2.89 bits per heavy atom. The predicted octanol–water partition coefficient (Wildman–Crippen LogP) is 2.15. The molecule has 1 N–H and O–H groups in total. The normalized spacial score (nSPS) is 28.5. The number of aryl methyl sites for hydroxylation is 2. The summed E-state index contributed by atoms with van der Waals surface area (Å²) in [5.41, 5.74) is 4.06. The number of rotatable bonds is 3. The molecule has 1 aromatic rings. The zero-order valence-corrected chi connectivity index (χ0v) is 12.2. The molecule has 2 atom stereocenters. The van der Waals surface area contributed by atoms with E-state index in [1.165, 1.54) is 16.7 Å². The number of fused-ring (bicyclic) bond motifs is 1. The van der Waals surface area contributed by atoms with Crippen LogP contribution in [0.15, 0.2) is 18.2 Å². The van der Waals surface area contributed by atoms with Gasteiger partial charge in [-0.2, -0.15) is 0 Å². The highest BCUT2D eigenvalue weighted by Crippen LogP contribution is 2.32. The van der Waals surface area contributed by atoms with E-state index in [0.717, 1.165) is 25.7 Å². The number of hydrogen-bond donors (Lipinski definition) is 1. The maximum atomic E-state index is 11.8. The fraction of sp³-hybridized carbons (Fsp3) is 0.600. The molecule has 2 unspecified atom stereocenters. The van der Waals surface area contributed by atoms with Gasteiger partial charge in [-0.25, -0.2) is 8.42 Å². The largest absolute Gasteiger partial charge is 0.309 e. The molecule has 3 nitrogen and oxygen atoms in total. The highest BCUT2D eigenvalue weighted by Gasteiger charge is 2.32. The van der Waals surface area contributed by atoms with Gasteiger partial charge in [0, 0.05) is 12.6 Å². The minimum absolute atomic E-state index is 0.165. The topological polar surface area (TPSA) is 46.2 Å². The molecule has 3 rings (SSSR count). The van der Waals surface area contributed by atoms with Gasteiger partial charge in [0.1, 0.15) is 0 Å². The van der Waals surface area contributed by atoms with E-state index in [4.69, 9.17) is 0 Å². The van der Waals surface area contributed by atoms with Crippen LogP contribution in [0, 0.1) is 6.92 Å². The van der Waals surface area contributed by atoms with E-state index < -0.39 is 9.84 Å². The molecule has 1 aromatic carbocycles. The summed E-state index contributed by atoms with van der Waals surface area (Å²) in [4.78, 5) is 0. The Kier molecular flexibility index (Phi) is 3.39. The van der Waals surface area contributed by atoms with Gasteiger partial charge in [-0.15, -0.1) is 0 Å². The van der Waals surface area contributed by atoms with Crippen molar-refractivity contribution in [1.82, 2.24) is 5.32 Å². The van der Waals surface area contributed by atoms with Gasteiger partial charge in [-0.3, -0.25) is 0 Å². The summed E-state index contributed by atoms with van der Waals surface area (Å²) < 4.78 is 23.7. The fourth-order valence-electron chi connectivity index (χ4n) is 3.29. The van der Waals surface area contributed by atoms with Crippen molar-refractivity contribution in [3.63, 3.8) is 0 Å². The zero-order valence-electron chi connectivity index (χ0n) is 11.4. The molecule has 0 radical (unpaired) electrons. The minimum atomic E-state index is -2.83.